The van der Waals surface area contributed by atoms with Crippen LogP contribution in [0.25, 0.3) is 0 Å². The van der Waals surface area contributed by atoms with Crippen LogP contribution in [0.15, 0.2) is 0 Å². The van der Waals surface area contributed by atoms with Crippen LogP contribution in [0.3, 0.4) is 0 Å². The van der Waals surface area contributed by atoms with E-state index in [0.29, 0.717) is 0 Å². The Labute approximate surface area is 57.9 Å². The fourth-order valence-corrected chi connectivity index (χ4v) is 0.928. The molecule has 1 heterocycles. The standard InChI is InChI=1S/C5H11NO4/c7-3-1-6-2-5(9,10)4(3)8/h3-4,6-10H,1-2H2/t3-,4+/m1/s1. The summed E-state index contributed by atoms with van der Waals surface area (Å²) >= 11 is 0. The zero-order valence-corrected chi connectivity index (χ0v) is 5.36. The van der Waals surface area contributed by atoms with Gasteiger partial charge in [0.25, 0.3) is 0 Å². The average Bonchev–Trinajstić information content (AvgIpc) is 1.83. The van der Waals surface area contributed by atoms with E-state index in [1.54, 1.807) is 0 Å². The molecule has 5 heteroatoms. The highest BCUT2D eigenvalue weighted by molar-refractivity contribution is 4.89. The molecule has 1 fully saturated rings. The van der Waals surface area contributed by atoms with Gasteiger partial charge < -0.3 is 25.7 Å². The summed E-state index contributed by atoms with van der Waals surface area (Å²) in [4.78, 5) is 0. The molecule has 0 aliphatic carbocycles. The summed E-state index contributed by atoms with van der Waals surface area (Å²) in [5, 5.41) is 38.1. The largest absolute Gasteiger partial charge is 0.389 e. The van der Waals surface area contributed by atoms with E-state index < -0.39 is 18.0 Å². The molecule has 60 valence electrons. The molecule has 1 rings (SSSR count). The van der Waals surface area contributed by atoms with Crippen LogP contribution in [0.5, 0.6) is 0 Å². The summed E-state index contributed by atoms with van der Waals surface area (Å²) in [6, 6.07) is 0. The van der Waals surface area contributed by atoms with Gasteiger partial charge in [0.15, 0.2) is 0 Å². The van der Waals surface area contributed by atoms with E-state index in [2.05, 4.69) is 5.32 Å². The third-order valence-corrected chi connectivity index (χ3v) is 1.58. The lowest BCUT2D eigenvalue weighted by Gasteiger charge is -2.35. The summed E-state index contributed by atoms with van der Waals surface area (Å²) in [6.45, 7) is 0.0647. The molecular weight excluding hydrogens is 138 g/mol. The molecule has 5 N–H and O–H groups in total. The van der Waals surface area contributed by atoms with E-state index in [4.69, 9.17) is 20.4 Å². The Bertz CT molecular complexity index is 127. The first kappa shape index (κ1) is 7.90. The van der Waals surface area contributed by atoms with Crippen molar-refractivity contribution in [1.82, 2.24) is 5.32 Å². The predicted octanol–water partition coefficient (Wildman–Crippen LogP) is -3.01. The first-order valence-electron chi connectivity index (χ1n) is 3.05. The van der Waals surface area contributed by atoms with E-state index in [1.807, 2.05) is 0 Å². The number of β-amino-alcohol motifs (C(OH)–C–C–N with tert-alkyl or cyclic N) is 3. The van der Waals surface area contributed by atoms with Gasteiger partial charge in [0.1, 0.15) is 6.10 Å². The Hall–Kier alpha value is -0.200. The maximum atomic E-state index is 8.92. The monoisotopic (exact) mass is 149 g/mol. The Morgan fingerprint density at radius 2 is 1.90 bits per heavy atom. The van der Waals surface area contributed by atoms with E-state index in [-0.39, 0.29) is 13.1 Å². The molecule has 0 aromatic heterocycles. The van der Waals surface area contributed by atoms with Crippen LogP contribution in [-0.2, 0) is 0 Å². The number of aliphatic hydroxyl groups is 4. The molecule has 1 aliphatic heterocycles. The van der Waals surface area contributed by atoms with Crippen molar-refractivity contribution in [2.75, 3.05) is 13.1 Å². The van der Waals surface area contributed by atoms with Crippen LogP contribution < -0.4 is 5.32 Å². The van der Waals surface area contributed by atoms with E-state index in [9.17, 15) is 0 Å². The Morgan fingerprint density at radius 3 is 2.30 bits per heavy atom. The third kappa shape index (κ3) is 1.28. The molecule has 0 unspecified atom stereocenters. The number of rotatable bonds is 0. The molecule has 0 bridgehead atoms. The van der Waals surface area contributed by atoms with Gasteiger partial charge in [-0.25, -0.2) is 0 Å². The maximum absolute atomic E-state index is 8.92. The second-order valence-corrected chi connectivity index (χ2v) is 2.52. The summed E-state index contributed by atoms with van der Waals surface area (Å²) in [7, 11) is 0. The molecular formula is C5H11NO4. The van der Waals surface area contributed by atoms with Gasteiger partial charge >= 0.3 is 0 Å². The molecule has 2 atom stereocenters. The van der Waals surface area contributed by atoms with Crippen molar-refractivity contribution < 1.29 is 20.4 Å². The summed E-state index contributed by atoms with van der Waals surface area (Å²) in [6.07, 6.45) is -2.59. The van der Waals surface area contributed by atoms with Gasteiger partial charge in [-0.05, 0) is 0 Å². The van der Waals surface area contributed by atoms with Crippen molar-refractivity contribution in [2.45, 2.75) is 18.0 Å². The van der Waals surface area contributed by atoms with Crippen LogP contribution >= 0.6 is 0 Å². The molecule has 1 aliphatic rings. The second kappa shape index (κ2) is 2.44. The fraction of sp³-hybridized carbons (Fsp3) is 1.00. The predicted molar refractivity (Wildman–Crippen MR) is 32.1 cm³/mol. The van der Waals surface area contributed by atoms with E-state index in [0.717, 1.165) is 0 Å². The van der Waals surface area contributed by atoms with Crippen LogP contribution in [-0.4, -0.2) is 51.5 Å². The molecule has 10 heavy (non-hydrogen) atoms. The van der Waals surface area contributed by atoms with Crippen molar-refractivity contribution in [2.24, 2.45) is 0 Å². The first-order chi connectivity index (χ1) is 4.54. The number of aliphatic hydroxyl groups excluding tert-OH is 2. The quantitative estimate of drug-likeness (QED) is 0.237. The zero-order chi connectivity index (χ0) is 7.78. The van der Waals surface area contributed by atoms with Gasteiger partial charge in [-0.15, -0.1) is 0 Å². The number of nitrogens with one attached hydrogen (secondary N) is 1. The lowest BCUT2D eigenvalue weighted by Crippen LogP contribution is -2.62. The summed E-state index contributed by atoms with van der Waals surface area (Å²) < 4.78 is 0. The highest BCUT2D eigenvalue weighted by Gasteiger charge is 2.41. The number of hydrogen-bond acceptors (Lipinski definition) is 5. The van der Waals surface area contributed by atoms with E-state index in [1.165, 1.54) is 0 Å². The van der Waals surface area contributed by atoms with Crippen LogP contribution in [0, 0.1) is 0 Å². The Morgan fingerprint density at radius 1 is 1.30 bits per heavy atom. The second-order valence-electron chi connectivity index (χ2n) is 2.52. The number of hydrogen-bond donors (Lipinski definition) is 5. The minimum Gasteiger partial charge on any atom is -0.389 e. The van der Waals surface area contributed by atoms with Gasteiger partial charge in [-0.2, -0.15) is 0 Å². The molecule has 0 radical (unpaired) electrons. The van der Waals surface area contributed by atoms with Crippen molar-refractivity contribution >= 4 is 0 Å². The molecule has 5 nitrogen and oxygen atoms in total. The van der Waals surface area contributed by atoms with Crippen LogP contribution in [0.4, 0.5) is 0 Å². The topological polar surface area (TPSA) is 93.0 Å². The highest BCUT2D eigenvalue weighted by Crippen LogP contribution is 2.12. The zero-order valence-electron chi connectivity index (χ0n) is 5.36. The highest BCUT2D eigenvalue weighted by atomic mass is 16.5. The van der Waals surface area contributed by atoms with Crippen molar-refractivity contribution in [3.63, 3.8) is 0 Å². The lowest BCUT2D eigenvalue weighted by atomic mass is 10.0. The van der Waals surface area contributed by atoms with Gasteiger partial charge in [0, 0.05) is 6.54 Å². The van der Waals surface area contributed by atoms with Crippen LogP contribution in [0.1, 0.15) is 0 Å². The SMILES string of the molecule is O[C@@H]1CNCC(O)(O)[C@H]1O. The minimum absolute atomic E-state index is 0.120. The van der Waals surface area contributed by atoms with Gasteiger partial charge in [0.05, 0.1) is 12.6 Å². The van der Waals surface area contributed by atoms with Gasteiger partial charge in [-0.1, -0.05) is 0 Å². The summed E-state index contributed by atoms with van der Waals surface area (Å²) in [5.74, 6) is -2.20. The molecule has 0 aromatic carbocycles. The van der Waals surface area contributed by atoms with Gasteiger partial charge in [0.2, 0.25) is 5.79 Å². The third-order valence-electron chi connectivity index (χ3n) is 1.58. The molecule has 1 saturated heterocycles. The van der Waals surface area contributed by atoms with Crippen LogP contribution in [0.2, 0.25) is 0 Å². The first-order valence-corrected chi connectivity index (χ1v) is 3.05. The molecule has 0 spiro atoms. The van der Waals surface area contributed by atoms with E-state index >= 15 is 0 Å². The van der Waals surface area contributed by atoms with Crippen molar-refractivity contribution in [1.29, 1.82) is 0 Å². The maximum Gasteiger partial charge on any atom is 0.205 e. The fourth-order valence-electron chi connectivity index (χ4n) is 0.928. The molecule has 0 amide bonds. The average molecular weight is 149 g/mol. The summed E-state index contributed by atoms with van der Waals surface area (Å²) in [5.41, 5.74) is 0. The van der Waals surface area contributed by atoms with Crippen molar-refractivity contribution in [3.05, 3.63) is 0 Å². The van der Waals surface area contributed by atoms with Crippen molar-refractivity contribution in [3.8, 4) is 0 Å². The normalized spacial score (nSPS) is 39.6. The molecule has 0 saturated carbocycles. The Kier molecular flexibility index (Phi) is 1.93. The van der Waals surface area contributed by atoms with Gasteiger partial charge in [-0.3, -0.25) is 0 Å². The molecule has 0 aromatic rings. The Balaban J connectivity index is 2.60. The lowest BCUT2D eigenvalue weighted by molar-refractivity contribution is -0.255. The number of piperidine rings is 1. The smallest absolute Gasteiger partial charge is 0.205 e. The minimum atomic E-state index is -2.20.